The highest BCUT2D eigenvalue weighted by Gasteiger charge is 2.20. The summed E-state index contributed by atoms with van der Waals surface area (Å²) in [6, 6.07) is 5.97. The summed E-state index contributed by atoms with van der Waals surface area (Å²) >= 11 is 0. The van der Waals surface area contributed by atoms with Gasteiger partial charge in [0.15, 0.2) is 6.61 Å². The molecule has 22 heavy (non-hydrogen) atoms. The predicted octanol–water partition coefficient (Wildman–Crippen LogP) is 1.18. The number of rotatable bonds is 7. The van der Waals surface area contributed by atoms with Gasteiger partial charge in [-0.3, -0.25) is 4.79 Å². The van der Waals surface area contributed by atoms with Crippen molar-refractivity contribution in [3.63, 3.8) is 0 Å². The third-order valence-electron chi connectivity index (χ3n) is 3.27. The first kappa shape index (κ1) is 18.0. The van der Waals surface area contributed by atoms with Crippen molar-refractivity contribution < 1.29 is 19.4 Å². The van der Waals surface area contributed by atoms with Crippen LogP contribution in [0.5, 0.6) is 5.75 Å². The molecule has 0 aromatic heterocycles. The summed E-state index contributed by atoms with van der Waals surface area (Å²) < 4.78 is 5.61. The molecule has 0 unspecified atom stereocenters. The second-order valence-corrected chi connectivity index (χ2v) is 6.19. The van der Waals surface area contributed by atoms with Crippen LogP contribution in [0.4, 0.5) is 0 Å². The Labute approximate surface area is 131 Å². The van der Waals surface area contributed by atoms with Crippen LogP contribution < -0.4 is 15.2 Å². The van der Waals surface area contributed by atoms with Crippen molar-refractivity contribution in [2.24, 2.45) is 0 Å². The van der Waals surface area contributed by atoms with E-state index in [2.05, 4.69) is 39.1 Å². The average molecular weight is 306 g/mol. The molecule has 0 aliphatic carbocycles. The molecule has 0 heterocycles. The molecule has 1 N–H and O–H groups in total. The maximum absolute atomic E-state index is 11.6. The monoisotopic (exact) mass is 306 g/mol. The lowest BCUT2D eigenvalue weighted by molar-refractivity contribution is -0.305. The minimum absolute atomic E-state index is 0.0471. The third kappa shape index (κ3) is 5.76. The van der Waals surface area contributed by atoms with Crippen molar-refractivity contribution in [1.29, 1.82) is 0 Å². The summed E-state index contributed by atoms with van der Waals surface area (Å²) in [5.41, 5.74) is 2.18. The summed E-state index contributed by atoms with van der Waals surface area (Å²) in [7, 11) is 0. The van der Waals surface area contributed by atoms with Crippen LogP contribution >= 0.6 is 0 Å². The summed E-state index contributed by atoms with van der Waals surface area (Å²) in [6.07, 6.45) is 0.733. The van der Waals surface area contributed by atoms with E-state index in [1.807, 2.05) is 12.1 Å². The first-order valence-corrected chi connectivity index (χ1v) is 7.46. The molecule has 0 atom stereocenters. The molecule has 0 radical (unpaired) electrons. The molecular formula is C17H24NO4-. The number of carboxylic acid groups (broad SMARTS) is 1. The minimum atomic E-state index is -1.19. The van der Waals surface area contributed by atoms with E-state index in [1.165, 1.54) is 5.56 Å². The van der Waals surface area contributed by atoms with Gasteiger partial charge in [-0.15, -0.1) is 0 Å². The molecule has 1 aromatic carbocycles. The van der Waals surface area contributed by atoms with Crippen LogP contribution in [-0.4, -0.2) is 25.0 Å². The van der Waals surface area contributed by atoms with Gasteiger partial charge in [0.1, 0.15) is 5.75 Å². The first-order chi connectivity index (χ1) is 10.2. The molecule has 0 saturated heterocycles. The largest absolute Gasteiger partial charge is 0.550 e. The Kier molecular flexibility index (Phi) is 6.40. The molecule has 1 aromatic rings. The smallest absolute Gasteiger partial charge is 0.257 e. The van der Waals surface area contributed by atoms with Gasteiger partial charge < -0.3 is 20.0 Å². The van der Waals surface area contributed by atoms with E-state index in [0.717, 1.165) is 12.0 Å². The van der Waals surface area contributed by atoms with Crippen LogP contribution in [0.3, 0.4) is 0 Å². The number of nitrogens with one attached hydrogen (secondary N) is 1. The number of carboxylic acids is 1. The Morgan fingerprint density at radius 1 is 1.27 bits per heavy atom. The molecule has 5 heteroatoms. The third-order valence-corrected chi connectivity index (χ3v) is 3.27. The Balaban J connectivity index is 2.69. The zero-order valence-electron chi connectivity index (χ0n) is 13.7. The van der Waals surface area contributed by atoms with Gasteiger partial charge in [0.2, 0.25) is 0 Å². The van der Waals surface area contributed by atoms with Crippen molar-refractivity contribution in [3.05, 3.63) is 29.3 Å². The molecule has 5 nitrogen and oxygen atoms in total. The molecule has 0 spiro atoms. The van der Waals surface area contributed by atoms with E-state index < -0.39 is 5.97 Å². The molecule has 1 amide bonds. The number of amides is 1. The topological polar surface area (TPSA) is 78.5 Å². The standard InChI is InChI=1S/C17H25NO4/c1-5-12-6-7-14(13(10-12)17(2,3)4)22-11-15(19)18-9-8-16(20)21/h6-7,10H,5,8-9,11H2,1-4H3,(H,18,19)(H,20,21)/p-1. The van der Waals surface area contributed by atoms with Crippen LogP contribution in [0.25, 0.3) is 0 Å². The van der Waals surface area contributed by atoms with Crippen molar-refractivity contribution in [2.75, 3.05) is 13.2 Å². The van der Waals surface area contributed by atoms with Crippen molar-refractivity contribution in [3.8, 4) is 5.75 Å². The molecule has 0 fully saturated rings. The lowest BCUT2D eigenvalue weighted by Crippen LogP contribution is -2.33. The number of aliphatic carboxylic acids is 1. The van der Waals surface area contributed by atoms with Crippen LogP contribution in [-0.2, 0) is 21.4 Å². The maximum atomic E-state index is 11.6. The van der Waals surface area contributed by atoms with Crippen LogP contribution in [0.15, 0.2) is 18.2 Å². The van der Waals surface area contributed by atoms with Crippen LogP contribution in [0.2, 0.25) is 0 Å². The number of aryl methyl sites for hydroxylation is 1. The van der Waals surface area contributed by atoms with Gasteiger partial charge >= 0.3 is 0 Å². The molecule has 0 aliphatic heterocycles. The molecule has 1 rings (SSSR count). The number of hydrogen-bond acceptors (Lipinski definition) is 4. The molecule has 0 saturated carbocycles. The Morgan fingerprint density at radius 2 is 1.95 bits per heavy atom. The molecule has 0 bridgehead atoms. The van der Waals surface area contributed by atoms with Gasteiger partial charge in [0, 0.05) is 18.9 Å². The second kappa shape index (κ2) is 7.82. The van der Waals surface area contributed by atoms with E-state index in [-0.39, 0.29) is 30.9 Å². The lowest BCUT2D eigenvalue weighted by Gasteiger charge is -2.23. The SMILES string of the molecule is CCc1ccc(OCC(=O)NCCC(=O)[O-])c(C(C)(C)C)c1. The normalized spacial score (nSPS) is 11.1. The van der Waals surface area contributed by atoms with Gasteiger partial charge in [0.25, 0.3) is 5.91 Å². The second-order valence-electron chi connectivity index (χ2n) is 6.19. The van der Waals surface area contributed by atoms with E-state index in [0.29, 0.717) is 5.75 Å². The highest BCUT2D eigenvalue weighted by atomic mass is 16.5. The zero-order valence-corrected chi connectivity index (χ0v) is 13.7. The van der Waals surface area contributed by atoms with Crippen molar-refractivity contribution in [2.45, 2.75) is 46.0 Å². The number of carbonyl (C=O) groups excluding carboxylic acids is 2. The van der Waals surface area contributed by atoms with E-state index in [1.54, 1.807) is 0 Å². The van der Waals surface area contributed by atoms with Gasteiger partial charge in [-0.1, -0.05) is 39.8 Å². The van der Waals surface area contributed by atoms with Gasteiger partial charge in [-0.25, -0.2) is 0 Å². The quantitative estimate of drug-likeness (QED) is 0.820. The molecule has 0 aliphatic rings. The fourth-order valence-electron chi connectivity index (χ4n) is 2.01. The van der Waals surface area contributed by atoms with E-state index in [4.69, 9.17) is 4.74 Å². The summed E-state index contributed by atoms with van der Waals surface area (Å²) in [4.78, 5) is 21.9. The van der Waals surface area contributed by atoms with Gasteiger partial charge in [0.05, 0.1) is 0 Å². The number of carbonyl (C=O) groups is 2. The Hall–Kier alpha value is -2.04. The van der Waals surface area contributed by atoms with Gasteiger partial charge in [-0.2, -0.15) is 0 Å². The highest BCUT2D eigenvalue weighted by Crippen LogP contribution is 2.32. The maximum Gasteiger partial charge on any atom is 0.257 e. The van der Waals surface area contributed by atoms with Crippen LogP contribution in [0.1, 0.15) is 45.2 Å². The first-order valence-electron chi connectivity index (χ1n) is 7.46. The lowest BCUT2D eigenvalue weighted by atomic mass is 9.85. The van der Waals surface area contributed by atoms with Crippen LogP contribution in [0, 0.1) is 0 Å². The number of benzene rings is 1. The van der Waals surface area contributed by atoms with Crippen molar-refractivity contribution >= 4 is 11.9 Å². The summed E-state index contributed by atoms with van der Waals surface area (Å²) in [5.74, 6) is -0.855. The van der Waals surface area contributed by atoms with Gasteiger partial charge in [-0.05, 0) is 29.0 Å². The predicted molar refractivity (Wildman–Crippen MR) is 82.6 cm³/mol. The van der Waals surface area contributed by atoms with E-state index in [9.17, 15) is 14.7 Å². The molecular weight excluding hydrogens is 282 g/mol. The minimum Gasteiger partial charge on any atom is -0.550 e. The van der Waals surface area contributed by atoms with E-state index >= 15 is 0 Å². The molecule has 122 valence electrons. The highest BCUT2D eigenvalue weighted by molar-refractivity contribution is 5.78. The Bertz CT molecular complexity index is 532. The number of hydrogen-bond donors (Lipinski definition) is 1. The Morgan fingerprint density at radius 3 is 2.50 bits per heavy atom. The summed E-state index contributed by atoms with van der Waals surface area (Å²) in [5, 5.41) is 12.8. The zero-order chi connectivity index (χ0) is 16.8. The fourth-order valence-corrected chi connectivity index (χ4v) is 2.01. The van der Waals surface area contributed by atoms with Crippen molar-refractivity contribution in [1.82, 2.24) is 5.32 Å². The summed E-state index contributed by atoms with van der Waals surface area (Å²) in [6.45, 7) is 8.28. The average Bonchev–Trinajstić information content (AvgIpc) is 2.43. The number of ether oxygens (including phenoxy) is 1. The fraction of sp³-hybridized carbons (Fsp3) is 0.529.